The lowest BCUT2D eigenvalue weighted by Crippen LogP contribution is -2.05. The molecule has 4 heteroatoms. The first-order valence-electron chi connectivity index (χ1n) is 9.22. The zero-order valence-electron chi connectivity index (χ0n) is 16.6. The molecule has 2 nitrogen and oxygen atoms in total. The van der Waals surface area contributed by atoms with Crippen LogP contribution in [0.2, 0.25) is 0 Å². The van der Waals surface area contributed by atoms with E-state index in [2.05, 4.69) is 61.5 Å². The topological polar surface area (TPSA) is 17.8 Å². The molecule has 2 aromatic carbocycles. The number of aromatic nitrogens is 2. The van der Waals surface area contributed by atoms with Crippen molar-refractivity contribution in [2.45, 2.75) is 34.2 Å². The van der Waals surface area contributed by atoms with Gasteiger partial charge in [0.05, 0.1) is 11.2 Å². The van der Waals surface area contributed by atoms with Gasteiger partial charge in [-0.15, -0.1) is 12.4 Å². The third-order valence-electron chi connectivity index (χ3n) is 5.50. The highest BCUT2D eigenvalue weighted by Gasteiger charge is 2.17. The highest BCUT2D eigenvalue weighted by molar-refractivity contribution is 5.95. The first-order valence-corrected chi connectivity index (χ1v) is 9.22. The molecule has 0 spiro atoms. The minimum absolute atomic E-state index is 0. The Morgan fingerprint density at radius 3 is 2.36 bits per heavy atom. The van der Waals surface area contributed by atoms with Gasteiger partial charge in [0.15, 0.2) is 0 Å². The summed E-state index contributed by atoms with van der Waals surface area (Å²) in [6.07, 6.45) is 1.84. The summed E-state index contributed by atoms with van der Waals surface area (Å²) in [5.74, 6) is -0.232. The summed E-state index contributed by atoms with van der Waals surface area (Å²) < 4.78 is 15.8. The van der Waals surface area contributed by atoms with Crippen molar-refractivity contribution >= 4 is 23.3 Å². The van der Waals surface area contributed by atoms with Gasteiger partial charge in [0, 0.05) is 29.4 Å². The number of fused-ring (bicyclic) bond motifs is 1. The molecule has 4 rings (SSSR count). The predicted octanol–water partition coefficient (Wildman–Crippen LogP) is 6.55. The van der Waals surface area contributed by atoms with Crippen molar-refractivity contribution in [1.82, 2.24) is 9.55 Å². The summed E-state index contributed by atoms with van der Waals surface area (Å²) in [7, 11) is 0. The number of nitrogens with zero attached hydrogens (tertiary/aromatic N) is 2. The van der Waals surface area contributed by atoms with Crippen molar-refractivity contribution in [2.75, 3.05) is 0 Å². The molecule has 0 unspecified atom stereocenters. The number of rotatable bonds is 3. The largest absolute Gasteiger partial charge is 0.338 e. The van der Waals surface area contributed by atoms with Crippen LogP contribution in [-0.2, 0) is 6.54 Å². The van der Waals surface area contributed by atoms with Crippen molar-refractivity contribution < 1.29 is 4.39 Å². The normalized spacial score (nSPS) is 10.9. The Morgan fingerprint density at radius 2 is 1.64 bits per heavy atom. The highest BCUT2D eigenvalue weighted by Crippen LogP contribution is 2.33. The van der Waals surface area contributed by atoms with Crippen LogP contribution in [0.15, 0.2) is 54.7 Å². The van der Waals surface area contributed by atoms with Crippen molar-refractivity contribution in [1.29, 1.82) is 0 Å². The maximum Gasteiger partial charge on any atom is 0.123 e. The van der Waals surface area contributed by atoms with E-state index in [0.29, 0.717) is 0 Å². The van der Waals surface area contributed by atoms with Gasteiger partial charge in [-0.3, -0.25) is 4.98 Å². The first-order chi connectivity index (χ1) is 13.0. The van der Waals surface area contributed by atoms with Gasteiger partial charge in [-0.05, 0) is 74.7 Å². The van der Waals surface area contributed by atoms with E-state index >= 15 is 0 Å². The fraction of sp³-hybridized carbons (Fsp3) is 0.208. The Kier molecular flexibility index (Phi) is 5.57. The monoisotopic (exact) mass is 394 g/mol. The van der Waals surface area contributed by atoms with Gasteiger partial charge in [0.1, 0.15) is 5.82 Å². The Hall–Kier alpha value is -2.65. The van der Waals surface area contributed by atoms with Crippen molar-refractivity contribution in [3.8, 4) is 11.3 Å². The Labute approximate surface area is 171 Å². The molecule has 0 fully saturated rings. The van der Waals surface area contributed by atoms with E-state index in [9.17, 15) is 4.39 Å². The minimum atomic E-state index is -0.232. The van der Waals surface area contributed by atoms with E-state index in [1.165, 1.54) is 45.5 Å². The van der Waals surface area contributed by atoms with E-state index in [1.807, 2.05) is 6.20 Å². The zero-order valence-corrected chi connectivity index (χ0v) is 17.4. The average molecular weight is 395 g/mol. The molecule has 0 aliphatic rings. The van der Waals surface area contributed by atoms with Crippen LogP contribution in [0.1, 0.15) is 27.9 Å². The van der Waals surface area contributed by atoms with Crippen molar-refractivity contribution in [3.05, 3.63) is 88.5 Å². The van der Waals surface area contributed by atoms with Crippen molar-refractivity contribution in [3.63, 3.8) is 0 Å². The van der Waals surface area contributed by atoms with E-state index in [1.54, 1.807) is 12.1 Å². The minimum Gasteiger partial charge on any atom is -0.338 e. The highest BCUT2D eigenvalue weighted by atomic mass is 35.5. The fourth-order valence-electron chi connectivity index (χ4n) is 3.75. The number of pyridine rings is 1. The smallest absolute Gasteiger partial charge is 0.123 e. The molecule has 2 heterocycles. The maximum atomic E-state index is 13.4. The predicted molar refractivity (Wildman–Crippen MR) is 117 cm³/mol. The van der Waals surface area contributed by atoms with E-state index in [4.69, 9.17) is 0 Å². The molecule has 0 radical (unpaired) electrons. The lowest BCUT2D eigenvalue weighted by atomic mass is 10.1. The molecular weight excluding hydrogens is 371 g/mol. The van der Waals surface area contributed by atoms with Gasteiger partial charge in [-0.2, -0.15) is 0 Å². The maximum absolute atomic E-state index is 13.4. The molecule has 0 aliphatic heterocycles. The summed E-state index contributed by atoms with van der Waals surface area (Å²) in [5, 5.41) is 1.20. The molecule has 0 N–H and O–H groups in total. The van der Waals surface area contributed by atoms with Crippen LogP contribution in [0.25, 0.3) is 22.2 Å². The second kappa shape index (κ2) is 7.76. The standard InChI is InChI=1S/C24H23FN2.ClH/c1-15-5-6-16(2)20(13-15)14-27-18(4)17(3)22-11-12-26-23(24(22)27)19-7-9-21(25)10-8-19;/h5-13H,14H2,1-4H3;1H. The quantitative estimate of drug-likeness (QED) is 0.385. The summed E-state index contributed by atoms with van der Waals surface area (Å²) in [4.78, 5) is 4.66. The van der Waals surface area contributed by atoms with Gasteiger partial charge in [-0.25, -0.2) is 4.39 Å². The number of hydrogen-bond donors (Lipinski definition) is 0. The number of halogens is 2. The summed E-state index contributed by atoms with van der Waals surface area (Å²) in [6, 6.07) is 15.2. The lowest BCUT2D eigenvalue weighted by Gasteiger charge is -2.14. The van der Waals surface area contributed by atoms with Crippen LogP contribution in [0.5, 0.6) is 0 Å². The third kappa shape index (κ3) is 3.43. The number of benzene rings is 2. The molecule has 0 saturated carbocycles. The number of hydrogen-bond acceptors (Lipinski definition) is 1. The molecule has 28 heavy (non-hydrogen) atoms. The Balaban J connectivity index is 0.00000225. The SMILES string of the molecule is Cc1ccc(C)c(Cn2c(C)c(C)c3ccnc(-c4ccc(F)cc4)c32)c1.Cl. The lowest BCUT2D eigenvalue weighted by molar-refractivity contribution is 0.628. The van der Waals surface area contributed by atoms with Crippen LogP contribution in [0.3, 0.4) is 0 Å². The van der Waals surface area contributed by atoms with Gasteiger partial charge in [0.2, 0.25) is 0 Å². The van der Waals surface area contributed by atoms with E-state index in [-0.39, 0.29) is 18.2 Å². The van der Waals surface area contributed by atoms with Crippen LogP contribution in [0, 0.1) is 33.5 Å². The van der Waals surface area contributed by atoms with Crippen LogP contribution >= 0.6 is 12.4 Å². The van der Waals surface area contributed by atoms with Crippen LogP contribution in [-0.4, -0.2) is 9.55 Å². The molecule has 2 aromatic heterocycles. The molecule has 0 aliphatic carbocycles. The van der Waals surface area contributed by atoms with Crippen molar-refractivity contribution in [2.24, 2.45) is 0 Å². The number of aryl methyl sites for hydroxylation is 3. The molecule has 0 atom stereocenters. The molecule has 144 valence electrons. The molecule has 0 saturated heterocycles. The Bertz CT molecular complexity index is 1140. The summed E-state index contributed by atoms with van der Waals surface area (Å²) in [5.41, 5.74) is 9.30. The zero-order chi connectivity index (χ0) is 19.1. The molecular formula is C24H24ClFN2. The van der Waals surface area contributed by atoms with E-state index in [0.717, 1.165) is 23.3 Å². The van der Waals surface area contributed by atoms with Crippen LogP contribution < -0.4 is 0 Å². The van der Waals surface area contributed by atoms with Gasteiger partial charge in [-0.1, -0.05) is 23.8 Å². The Morgan fingerprint density at radius 1 is 0.929 bits per heavy atom. The molecule has 4 aromatic rings. The second-order valence-corrected chi connectivity index (χ2v) is 7.29. The summed E-state index contributed by atoms with van der Waals surface area (Å²) >= 11 is 0. The fourth-order valence-corrected chi connectivity index (χ4v) is 3.75. The van der Waals surface area contributed by atoms with Gasteiger partial charge < -0.3 is 4.57 Å². The third-order valence-corrected chi connectivity index (χ3v) is 5.50. The molecule has 0 amide bonds. The first kappa shape index (κ1) is 20.1. The molecule has 0 bridgehead atoms. The van der Waals surface area contributed by atoms with Gasteiger partial charge in [0.25, 0.3) is 0 Å². The van der Waals surface area contributed by atoms with Gasteiger partial charge >= 0.3 is 0 Å². The summed E-state index contributed by atoms with van der Waals surface area (Å²) in [6.45, 7) is 9.40. The van der Waals surface area contributed by atoms with Crippen LogP contribution in [0.4, 0.5) is 4.39 Å². The van der Waals surface area contributed by atoms with E-state index < -0.39 is 0 Å². The second-order valence-electron chi connectivity index (χ2n) is 7.29. The average Bonchev–Trinajstić information content (AvgIpc) is 2.90.